The highest BCUT2D eigenvalue weighted by Crippen LogP contribution is 2.14. The molecule has 0 fully saturated rings. The van der Waals surface area contributed by atoms with Crippen LogP contribution < -0.4 is 5.73 Å². The average molecular weight is 528 g/mol. The summed E-state index contributed by atoms with van der Waals surface area (Å²) in [5.41, 5.74) is 6.36. The highest BCUT2D eigenvalue weighted by Gasteiger charge is 2.02. The van der Waals surface area contributed by atoms with Crippen molar-refractivity contribution in [3.63, 3.8) is 0 Å². The van der Waals surface area contributed by atoms with E-state index in [0.29, 0.717) is 6.04 Å². The average Bonchev–Trinajstić information content (AvgIpc) is 2.90. The molecule has 0 aliphatic rings. The third-order valence-corrected chi connectivity index (χ3v) is 7.48. The van der Waals surface area contributed by atoms with Crippen molar-refractivity contribution in [1.29, 1.82) is 0 Å². The fourth-order valence-electron chi connectivity index (χ4n) is 4.88. The zero-order valence-electron chi connectivity index (χ0n) is 26.3. The fraction of sp³-hybridized carbons (Fsp3) is 0.784. The second-order valence-corrected chi connectivity index (χ2v) is 12.0. The topological polar surface area (TPSA) is 26.0 Å². The van der Waals surface area contributed by atoms with Gasteiger partial charge >= 0.3 is 0 Å². The molecule has 0 spiro atoms. The van der Waals surface area contributed by atoms with Crippen LogP contribution in [0.4, 0.5) is 0 Å². The molecule has 0 saturated heterocycles. The van der Waals surface area contributed by atoms with Crippen molar-refractivity contribution in [3.8, 4) is 0 Å². The van der Waals surface area contributed by atoms with Gasteiger partial charge in [0.2, 0.25) is 0 Å². The van der Waals surface area contributed by atoms with Crippen molar-refractivity contribution in [2.24, 2.45) is 11.7 Å². The van der Waals surface area contributed by atoms with Gasteiger partial charge in [0.15, 0.2) is 0 Å². The molecule has 0 saturated carbocycles. The summed E-state index contributed by atoms with van der Waals surface area (Å²) in [5, 5.41) is 0. The minimum absolute atomic E-state index is 0.430. The third kappa shape index (κ3) is 32.9. The third-order valence-electron chi connectivity index (χ3n) is 7.48. The molecule has 38 heavy (non-hydrogen) atoms. The summed E-state index contributed by atoms with van der Waals surface area (Å²) >= 11 is 0. The summed E-state index contributed by atoms with van der Waals surface area (Å²) < 4.78 is 0. The summed E-state index contributed by atoms with van der Waals surface area (Å²) in [6.45, 7) is 6.90. The van der Waals surface area contributed by atoms with E-state index in [2.05, 4.69) is 69.4 Å². The lowest BCUT2D eigenvalue weighted by atomic mass is 10.0. The second kappa shape index (κ2) is 32.1. The first-order valence-electron chi connectivity index (χ1n) is 17.0. The first kappa shape index (κ1) is 36.9. The van der Waals surface area contributed by atoms with Crippen molar-refractivity contribution in [2.75, 3.05) is 0 Å². The van der Waals surface area contributed by atoms with Gasteiger partial charge in [0.1, 0.15) is 0 Å². The van der Waals surface area contributed by atoms with Gasteiger partial charge < -0.3 is 5.73 Å². The number of unbranched alkanes of at least 4 members (excludes halogenated alkanes) is 15. The van der Waals surface area contributed by atoms with Gasteiger partial charge in [-0.1, -0.05) is 146 Å². The second-order valence-electron chi connectivity index (χ2n) is 12.0. The number of allylic oxidation sites excluding steroid dienone is 8. The molecule has 1 unspecified atom stereocenters. The Labute approximate surface area is 240 Å². The molecule has 222 valence electrons. The van der Waals surface area contributed by atoms with Crippen LogP contribution in [0.5, 0.6) is 0 Å². The van der Waals surface area contributed by atoms with Gasteiger partial charge in [-0.05, 0) is 83.0 Å². The van der Waals surface area contributed by atoms with E-state index in [0.717, 1.165) is 18.8 Å². The zero-order valence-corrected chi connectivity index (χ0v) is 26.3. The molecule has 1 heteroatoms. The maximum atomic E-state index is 6.36. The molecule has 0 aromatic rings. The molecule has 0 rings (SSSR count). The predicted octanol–water partition coefficient (Wildman–Crippen LogP) is 12.6. The Kier molecular flexibility index (Phi) is 31.2. The number of hydrogen-bond acceptors (Lipinski definition) is 1. The lowest BCUT2D eigenvalue weighted by molar-refractivity contribution is 0.485. The van der Waals surface area contributed by atoms with Gasteiger partial charge in [0, 0.05) is 6.04 Å². The predicted molar refractivity (Wildman–Crippen MR) is 176 cm³/mol. The highest BCUT2D eigenvalue weighted by atomic mass is 14.6. The number of rotatable bonds is 29. The number of hydrogen-bond donors (Lipinski definition) is 1. The minimum Gasteiger partial charge on any atom is -0.328 e. The maximum Gasteiger partial charge on any atom is 0.00388 e. The van der Waals surface area contributed by atoms with Crippen molar-refractivity contribution >= 4 is 0 Å². The quantitative estimate of drug-likeness (QED) is 0.0759. The van der Waals surface area contributed by atoms with Crippen LogP contribution in [0.1, 0.15) is 175 Å². The molecule has 0 amide bonds. The standard InChI is InChI=1S/C37H69N/c1-4-5-6-7-8-9-10-11-12-16-19-22-25-28-31-34-37(38)35-32-29-26-23-20-17-14-13-15-18-21-24-27-30-33-36(2)3/h8-9,11-14,18,21,36-37H,4-7,10,15-17,19-20,22-35,38H2,1-3H3. The van der Waals surface area contributed by atoms with Crippen LogP contribution in [0.15, 0.2) is 48.6 Å². The zero-order chi connectivity index (χ0) is 27.8. The Hall–Kier alpha value is -1.08. The lowest BCUT2D eigenvalue weighted by Gasteiger charge is -2.11. The monoisotopic (exact) mass is 528 g/mol. The van der Waals surface area contributed by atoms with Crippen LogP contribution in [-0.4, -0.2) is 6.04 Å². The molecule has 1 nitrogen and oxygen atoms in total. The van der Waals surface area contributed by atoms with Crippen molar-refractivity contribution in [3.05, 3.63) is 48.6 Å². The summed E-state index contributed by atoms with van der Waals surface area (Å²) in [6.07, 6.45) is 50.1. The molecule has 0 aliphatic carbocycles. The number of nitrogens with two attached hydrogens (primary N) is 1. The lowest BCUT2D eigenvalue weighted by Crippen LogP contribution is -2.19. The molecule has 2 N–H and O–H groups in total. The van der Waals surface area contributed by atoms with Crippen molar-refractivity contribution in [2.45, 2.75) is 181 Å². The van der Waals surface area contributed by atoms with E-state index in [1.807, 2.05) is 0 Å². The van der Waals surface area contributed by atoms with Gasteiger partial charge in [0.05, 0.1) is 0 Å². The van der Waals surface area contributed by atoms with Crippen LogP contribution in [0.3, 0.4) is 0 Å². The molecule has 0 aromatic carbocycles. The molecule has 1 atom stereocenters. The van der Waals surface area contributed by atoms with Gasteiger partial charge in [-0.15, -0.1) is 0 Å². The van der Waals surface area contributed by atoms with E-state index in [-0.39, 0.29) is 0 Å². The largest absolute Gasteiger partial charge is 0.328 e. The van der Waals surface area contributed by atoms with Crippen molar-refractivity contribution in [1.82, 2.24) is 0 Å². The van der Waals surface area contributed by atoms with Gasteiger partial charge in [-0.3, -0.25) is 0 Å². The minimum atomic E-state index is 0.430. The molecule has 0 bridgehead atoms. The normalized spacial score (nSPS) is 13.4. The van der Waals surface area contributed by atoms with Crippen LogP contribution >= 0.6 is 0 Å². The Bertz CT molecular complexity index is 553. The summed E-state index contributed by atoms with van der Waals surface area (Å²) in [4.78, 5) is 0. The molecular formula is C37H69N. The summed E-state index contributed by atoms with van der Waals surface area (Å²) in [6, 6.07) is 0.430. The van der Waals surface area contributed by atoms with E-state index < -0.39 is 0 Å². The van der Waals surface area contributed by atoms with E-state index >= 15 is 0 Å². The van der Waals surface area contributed by atoms with E-state index in [1.165, 1.54) is 141 Å². The molecule has 0 heterocycles. The van der Waals surface area contributed by atoms with E-state index in [9.17, 15) is 0 Å². The molecular weight excluding hydrogens is 458 g/mol. The Balaban J connectivity index is 3.32. The van der Waals surface area contributed by atoms with E-state index in [4.69, 9.17) is 5.73 Å². The van der Waals surface area contributed by atoms with Gasteiger partial charge in [-0.25, -0.2) is 0 Å². The van der Waals surface area contributed by atoms with Crippen LogP contribution in [-0.2, 0) is 0 Å². The Morgan fingerprint density at radius 3 is 1.18 bits per heavy atom. The fourth-order valence-corrected chi connectivity index (χ4v) is 4.88. The summed E-state index contributed by atoms with van der Waals surface area (Å²) in [7, 11) is 0. The van der Waals surface area contributed by atoms with Gasteiger partial charge in [0.25, 0.3) is 0 Å². The first-order chi connectivity index (χ1) is 18.7. The van der Waals surface area contributed by atoms with Crippen LogP contribution in [0.2, 0.25) is 0 Å². The molecule has 0 aromatic heterocycles. The van der Waals surface area contributed by atoms with Crippen LogP contribution in [0, 0.1) is 5.92 Å². The molecule has 0 radical (unpaired) electrons. The Morgan fingerprint density at radius 1 is 0.421 bits per heavy atom. The van der Waals surface area contributed by atoms with Gasteiger partial charge in [-0.2, -0.15) is 0 Å². The SMILES string of the molecule is CCCCCC=CCC=CCCCCCCCC(N)CCCCCCCC=CCC=CCCCCC(C)C. The Morgan fingerprint density at radius 2 is 0.763 bits per heavy atom. The van der Waals surface area contributed by atoms with Crippen molar-refractivity contribution < 1.29 is 0 Å². The van der Waals surface area contributed by atoms with Crippen LogP contribution in [0.25, 0.3) is 0 Å². The first-order valence-corrected chi connectivity index (χ1v) is 17.0. The maximum absolute atomic E-state index is 6.36. The molecule has 0 aliphatic heterocycles. The smallest absolute Gasteiger partial charge is 0.00388 e. The highest BCUT2D eigenvalue weighted by molar-refractivity contribution is 4.93. The summed E-state index contributed by atoms with van der Waals surface area (Å²) in [5.74, 6) is 0.852. The van der Waals surface area contributed by atoms with E-state index in [1.54, 1.807) is 0 Å².